The van der Waals surface area contributed by atoms with Gasteiger partial charge >= 0.3 is 0 Å². The first kappa shape index (κ1) is 22.0. The molecule has 0 radical (unpaired) electrons. The highest BCUT2D eigenvalue weighted by atomic mass is 19.3. The van der Waals surface area contributed by atoms with Gasteiger partial charge in [-0.05, 0) is 6.07 Å². The van der Waals surface area contributed by atoms with Gasteiger partial charge in [0.1, 0.15) is 23.6 Å². The third-order valence-corrected chi connectivity index (χ3v) is 4.21. The lowest BCUT2D eigenvalue weighted by Gasteiger charge is -2.10. The Kier molecular flexibility index (Phi) is 6.36. The van der Waals surface area contributed by atoms with Crippen LogP contribution in [0.15, 0.2) is 24.7 Å². The average Bonchev–Trinajstić information content (AvgIpc) is 3.39. The van der Waals surface area contributed by atoms with Crippen LogP contribution in [0, 0.1) is 0 Å². The van der Waals surface area contributed by atoms with E-state index in [-0.39, 0.29) is 17.9 Å². The lowest BCUT2D eigenvalue weighted by molar-refractivity contribution is -0.117. The van der Waals surface area contributed by atoms with Crippen molar-refractivity contribution in [2.45, 2.75) is 25.9 Å². The van der Waals surface area contributed by atoms with Gasteiger partial charge in [0.25, 0.3) is 18.8 Å². The molecule has 3 heterocycles. The molecular weight excluding hydrogens is 424 g/mol. The van der Waals surface area contributed by atoms with Crippen molar-refractivity contribution in [1.82, 2.24) is 34.7 Å². The van der Waals surface area contributed by atoms with Crippen LogP contribution < -0.4 is 10.6 Å². The summed E-state index contributed by atoms with van der Waals surface area (Å²) in [4.78, 5) is 24.9. The fourth-order valence-corrected chi connectivity index (χ4v) is 2.81. The second-order valence-corrected chi connectivity index (χ2v) is 6.54. The smallest absolute Gasteiger partial charge is 0.282 e. The van der Waals surface area contributed by atoms with Crippen LogP contribution in [0.25, 0.3) is 0 Å². The lowest BCUT2D eigenvalue weighted by Crippen LogP contribution is -2.27. The molecule has 3 aromatic rings. The topological polar surface area (TPSA) is 112 Å². The van der Waals surface area contributed by atoms with E-state index in [0.717, 1.165) is 5.56 Å². The van der Waals surface area contributed by atoms with Crippen molar-refractivity contribution >= 4 is 17.5 Å². The van der Waals surface area contributed by atoms with E-state index in [1.165, 1.54) is 17.9 Å². The van der Waals surface area contributed by atoms with E-state index in [4.69, 9.17) is 0 Å². The minimum Gasteiger partial charge on any atom is -0.346 e. The summed E-state index contributed by atoms with van der Waals surface area (Å²) in [6.07, 6.45) is -1.66. The number of rotatable bonds is 8. The molecular formula is C17H18F4N8O2. The highest BCUT2D eigenvalue weighted by Gasteiger charge is 2.24. The molecule has 31 heavy (non-hydrogen) atoms. The van der Waals surface area contributed by atoms with Crippen molar-refractivity contribution in [1.29, 1.82) is 0 Å². The van der Waals surface area contributed by atoms with E-state index in [2.05, 4.69) is 25.9 Å². The number of aryl methyl sites for hydroxylation is 2. The number of alkyl halides is 4. The number of hydrogen-bond donors (Lipinski definition) is 2. The molecule has 0 aliphatic heterocycles. The van der Waals surface area contributed by atoms with Gasteiger partial charge in [-0.2, -0.15) is 15.3 Å². The summed E-state index contributed by atoms with van der Waals surface area (Å²) in [6, 6.07) is 0.546. The van der Waals surface area contributed by atoms with Gasteiger partial charge in [0, 0.05) is 32.4 Å². The maximum absolute atomic E-state index is 13.1. The molecule has 0 aliphatic carbocycles. The van der Waals surface area contributed by atoms with Gasteiger partial charge in [0.2, 0.25) is 5.91 Å². The second kappa shape index (κ2) is 8.97. The SMILES string of the molecule is Cn1cc(CNC(=O)c2c(NC(=O)Cn3nc(C(F)F)cc3C(F)F)cnn2C)cn1. The summed E-state index contributed by atoms with van der Waals surface area (Å²) >= 11 is 0. The maximum Gasteiger partial charge on any atom is 0.282 e. The molecule has 0 saturated carbocycles. The van der Waals surface area contributed by atoms with Crippen LogP contribution in [0.2, 0.25) is 0 Å². The minimum atomic E-state index is -3.10. The highest BCUT2D eigenvalue weighted by Crippen LogP contribution is 2.25. The van der Waals surface area contributed by atoms with Gasteiger partial charge in [0.15, 0.2) is 0 Å². The maximum atomic E-state index is 13.1. The third-order valence-electron chi connectivity index (χ3n) is 4.21. The number of anilines is 1. The Bertz CT molecular complexity index is 1090. The first-order valence-electron chi connectivity index (χ1n) is 8.87. The van der Waals surface area contributed by atoms with Crippen LogP contribution in [0.1, 0.15) is 40.3 Å². The molecule has 3 rings (SSSR count). The number of halogens is 4. The number of nitrogens with zero attached hydrogens (tertiary/aromatic N) is 6. The number of carbonyl (C=O) groups excluding carboxylic acids is 2. The zero-order valence-corrected chi connectivity index (χ0v) is 16.4. The van der Waals surface area contributed by atoms with Crippen molar-refractivity contribution in [3.05, 3.63) is 47.3 Å². The van der Waals surface area contributed by atoms with E-state index >= 15 is 0 Å². The number of nitrogens with one attached hydrogen (secondary N) is 2. The van der Waals surface area contributed by atoms with Gasteiger partial charge in [-0.3, -0.25) is 23.6 Å². The summed E-state index contributed by atoms with van der Waals surface area (Å²) in [5.41, 5.74) is -0.890. The Balaban J connectivity index is 1.70. The Morgan fingerprint density at radius 3 is 2.45 bits per heavy atom. The molecule has 14 heteroatoms. The molecule has 0 unspecified atom stereocenters. The van der Waals surface area contributed by atoms with Crippen molar-refractivity contribution in [2.24, 2.45) is 14.1 Å². The summed E-state index contributed by atoms with van der Waals surface area (Å²) in [6.45, 7) is -0.579. The molecule has 10 nitrogen and oxygen atoms in total. The Hall–Kier alpha value is -3.71. The largest absolute Gasteiger partial charge is 0.346 e. The van der Waals surface area contributed by atoms with Crippen LogP contribution in [0.4, 0.5) is 23.2 Å². The van der Waals surface area contributed by atoms with Crippen molar-refractivity contribution < 1.29 is 27.2 Å². The molecule has 2 amide bonds. The number of carbonyl (C=O) groups is 2. The fourth-order valence-electron chi connectivity index (χ4n) is 2.81. The summed E-state index contributed by atoms with van der Waals surface area (Å²) < 4.78 is 55.0. The van der Waals surface area contributed by atoms with Gasteiger partial charge in [0.05, 0.1) is 18.1 Å². The quantitative estimate of drug-likeness (QED) is 0.517. The van der Waals surface area contributed by atoms with Crippen LogP contribution in [0.5, 0.6) is 0 Å². The lowest BCUT2D eigenvalue weighted by atomic mass is 10.3. The Morgan fingerprint density at radius 1 is 1.10 bits per heavy atom. The van der Waals surface area contributed by atoms with Crippen molar-refractivity contribution in [3.8, 4) is 0 Å². The molecule has 166 valence electrons. The molecule has 0 aromatic carbocycles. The van der Waals surface area contributed by atoms with Crippen LogP contribution in [0.3, 0.4) is 0 Å². The van der Waals surface area contributed by atoms with E-state index in [1.54, 1.807) is 24.1 Å². The molecule has 3 aromatic heterocycles. The molecule has 0 saturated heterocycles. The van der Waals surface area contributed by atoms with Crippen molar-refractivity contribution in [2.75, 3.05) is 5.32 Å². The van der Waals surface area contributed by atoms with E-state index in [0.29, 0.717) is 10.7 Å². The zero-order chi connectivity index (χ0) is 22.7. The number of aromatic nitrogens is 6. The first-order chi connectivity index (χ1) is 14.7. The first-order valence-corrected chi connectivity index (χ1v) is 8.87. The highest BCUT2D eigenvalue weighted by molar-refractivity contribution is 6.02. The van der Waals surface area contributed by atoms with E-state index in [1.807, 2.05) is 0 Å². The van der Waals surface area contributed by atoms with E-state index < -0.39 is 42.6 Å². The van der Waals surface area contributed by atoms with Crippen LogP contribution in [-0.4, -0.2) is 41.2 Å². The average molecular weight is 442 g/mol. The molecule has 2 N–H and O–H groups in total. The Morgan fingerprint density at radius 2 is 1.84 bits per heavy atom. The third kappa shape index (κ3) is 5.07. The van der Waals surface area contributed by atoms with Gasteiger partial charge in [-0.1, -0.05) is 0 Å². The van der Waals surface area contributed by atoms with Crippen molar-refractivity contribution in [3.63, 3.8) is 0 Å². The van der Waals surface area contributed by atoms with Crippen LogP contribution in [-0.2, 0) is 32.0 Å². The fraction of sp³-hybridized carbons (Fsp3) is 0.353. The van der Waals surface area contributed by atoms with Gasteiger partial charge in [-0.15, -0.1) is 0 Å². The predicted molar refractivity (Wildman–Crippen MR) is 98.4 cm³/mol. The number of amides is 2. The van der Waals surface area contributed by atoms with E-state index in [9.17, 15) is 27.2 Å². The molecule has 0 aliphatic rings. The molecule has 0 atom stereocenters. The standard InChI is InChI=1S/C17H18F4N8O2/c1-27-7-9(5-23-27)4-22-17(31)14-11(6-24-28(14)2)25-13(30)8-29-12(16(20)21)3-10(26-29)15(18)19/h3,5-7,15-16H,4,8H2,1-2H3,(H,22,31)(H,25,30). The van der Waals surface area contributed by atoms with Crippen LogP contribution >= 0.6 is 0 Å². The molecule has 0 fully saturated rings. The molecule has 0 bridgehead atoms. The number of hydrogen-bond acceptors (Lipinski definition) is 5. The normalized spacial score (nSPS) is 11.4. The monoisotopic (exact) mass is 442 g/mol. The van der Waals surface area contributed by atoms with Gasteiger partial charge in [-0.25, -0.2) is 17.6 Å². The minimum absolute atomic E-state index is 0.0139. The predicted octanol–water partition coefficient (Wildman–Crippen LogP) is 1.79. The molecule has 0 spiro atoms. The Labute approximate surface area is 172 Å². The zero-order valence-electron chi connectivity index (χ0n) is 16.4. The summed E-state index contributed by atoms with van der Waals surface area (Å²) in [5.74, 6) is -1.40. The van der Waals surface area contributed by atoms with Gasteiger partial charge < -0.3 is 10.6 Å². The second-order valence-electron chi connectivity index (χ2n) is 6.54. The summed E-state index contributed by atoms with van der Waals surface area (Å²) in [5, 5.41) is 16.3. The summed E-state index contributed by atoms with van der Waals surface area (Å²) in [7, 11) is 3.20.